The van der Waals surface area contributed by atoms with E-state index >= 15 is 0 Å². The fourth-order valence-corrected chi connectivity index (χ4v) is 5.27. The summed E-state index contributed by atoms with van der Waals surface area (Å²) in [6.07, 6.45) is 3.88. The third-order valence-electron chi connectivity index (χ3n) is 6.49. The Labute approximate surface area is 211 Å². The first-order valence-electron chi connectivity index (χ1n) is 12.2. The molecule has 4 heterocycles. The van der Waals surface area contributed by atoms with E-state index in [9.17, 15) is 9.90 Å². The molecule has 0 aliphatic carbocycles. The lowest BCUT2D eigenvalue weighted by molar-refractivity contribution is 0.138. The Bertz CT molecular complexity index is 1420. The zero-order valence-corrected chi connectivity index (χ0v) is 21.9. The summed E-state index contributed by atoms with van der Waals surface area (Å²) in [6.45, 7) is 12.9. The summed E-state index contributed by atoms with van der Waals surface area (Å²) in [5.41, 5.74) is 4.83. The molecule has 0 amide bonds. The molecule has 9 nitrogen and oxygen atoms in total. The fourth-order valence-electron chi connectivity index (χ4n) is 5.27. The smallest absolute Gasteiger partial charge is 0.252 e. The molecule has 9 heteroatoms. The lowest BCUT2D eigenvalue weighted by Gasteiger charge is -2.41. The number of H-pyrrole nitrogens is 1. The highest BCUT2D eigenvalue weighted by Gasteiger charge is 2.33. The first-order chi connectivity index (χ1) is 16.9. The van der Waals surface area contributed by atoms with Crippen molar-refractivity contribution in [3.63, 3.8) is 0 Å². The minimum Gasteiger partial charge on any atom is -0.374 e. The number of hydrogen-bond donors (Lipinski definition) is 4. The van der Waals surface area contributed by atoms with Gasteiger partial charge in [0.2, 0.25) is 0 Å². The van der Waals surface area contributed by atoms with E-state index < -0.39 is 6.23 Å². The Balaban J connectivity index is 1.76. The summed E-state index contributed by atoms with van der Waals surface area (Å²) in [4.78, 5) is 20.2. The molecule has 4 N–H and O–H groups in total. The van der Waals surface area contributed by atoms with Crippen molar-refractivity contribution in [1.82, 2.24) is 30.4 Å². The first kappa shape index (κ1) is 25.8. The fraction of sp³-hybridized carbons (Fsp3) is 0.481. The van der Waals surface area contributed by atoms with Gasteiger partial charge >= 0.3 is 0 Å². The number of rotatable bonds is 7. The molecular weight excluding hydrogens is 454 g/mol. The standard InChI is InChI=1S/C27H35N7O2/c1-16-10-17(2)31-25(36)20(16)14-29-24(35)19-11-22(18-12-26(3,4)33-27(5,6)13-18)32-23-21(19)15-30-34(23)9-7-8-28/h10-12,15,24,29,33,35H,7,9,13-14H2,1-6H3,(H,31,36). The molecule has 1 atom stereocenters. The van der Waals surface area contributed by atoms with E-state index in [0.717, 1.165) is 28.9 Å². The molecule has 1 aliphatic rings. The van der Waals surface area contributed by atoms with E-state index in [1.807, 2.05) is 26.0 Å². The molecular formula is C27H35N7O2. The number of nitrogens with zero attached hydrogens (tertiary/aromatic N) is 4. The molecule has 0 spiro atoms. The van der Waals surface area contributed by atoms with Crippen molar-refractivity contribution >= 4 is 16.6 Å². The van der Waals surface area contributed by atoms with Crippen LogP contribution in [0.3, 0.4) is 0 Å². The second kappa shape index (κ2) is 9.62. The number of nitrogens with one attached hydrogen (secondary N) is 3. The van der Waals surface area contributed by atoms with E-state index in [1.165, 1.54) is 0 Å². The van der Waals surface area contributed by atoms with Gasteiger partial charge in [0, 0.05) is 39.8 Å². The molecule has 1 aliphatic heterocycles. The van der Waals surface area contributed by atoms with Crippen molar-refractivity contribution in [3.8, 4) is 6.07 Å². The molecule has 1 unspecified atom stereocenters. The highest BCUT2D eigenvalue weighted by atomic mass is 16.3. The van der Waals surface area contributed by atoms with Gasteiger partial charge in [-0.2, -0.15) is 10.4 Å². The highest BCUT2D eigenvalue weighted by molar-refractivity contribution is 5.82. The number of hydrogen-bond acceptors (Lipinski definition) is 7. The molecule has 4 rings (SSSR count). The Hall–Kier alpha value is -3.32. The van der Waals surface area contributed by atoms with E-state index in [-0.39, 0.29) is 23.2 Å². The van der Waals surface area contributed by atoms with E-state index in [4.69, 9.17) is 10.2 Å². The molecule has 0 saturated carbocycles. The number of aliphatic hydroxyl groups is 1. The molecule has 0 saturated heterocycles. The molecule has 36 heavy (non-hydrogen) atoms. The van der Waals surface area contributed by atoms with Crippen LogP contribution in [0.2, 0.25) is 0 Å². The molecule has 0 fully saturated rings. The summed E-state index contributed by atoms with van der Waals surface area (Å²) < 4.78 is 1.71. The van der Waals surface area contributed by atoms with Crippen LogP contribution in [-0.2, 0) is 13.1 Å². The number of aromatic nitrogens is 4. The van der Waals surface area contributed by atoms with Gasteiger partial charge in [-0.05, 0) is 71.2 Å². The van der Waals surface area contributed by atoms with Crippen LogP contribution in [0.25, 0.3) is 16.6 Å². The van der Waals surface area contributed by atoms with Crippen molar-refractivity contribution < 1.29 is 5.11 Å². The molecule has 0 aromatic carbocycles. The summed E-state index contributed by atoms with van der Waals surface area (Å²) in [7, 11) is 0. The van der Waals surface area contributed by atoms with Gasteiger partial charge in [-0.3, -0.25) is 10.1 Å². The van der Waals surface area contributed by atoms with Crippen molar-refractivity contribution in [2.75, 3.05) is 0 Å². The zero-order valence-electron chi connectivity index (χ0n) is 21.9. The van der Waals surface area contributed by atoms with Crippen LogP contribution in [-0.4, -0.2) is 35.9 Å². The van der Waals surface area contributed by atoms with Gasteiger partial charge in [0.15, 0.2) is 5.65 Å². The van der Waals surface area contributed by atoms with E-state index in [2.05, 4.69) is 60.6 Å². The van der Waals surface area contributed by atoms with Gasteiger partial charge < -0.3 is 15.4 Å². The van der Waals surface area contributed by atoms with Crippen molar-refractivity contribution in [1.29, 1.82) is 5.26 Å². The van der Waals surface area contributed by atoms with Gasteiger partial charge in [0.25, 0.3) is 5.56 Å². The zero-order chi connectivity index (χ0) is 26.3. The third kappa shape index (κ3) is 5.41. The summed E-state index contributed by atoms with van der Waals surface area (Å²) >= 11 is 0. The van der Waals surface area contributed by atoms with Gasteiger partial charge in [-0.25, -0.2) is 9.67 Å². The molecule has 0 radical (unpaired) electrons. The second-order valence-corrected chi connectivity index (χ2v) is 10.9. The van der Waals surface area contributed by atoms with Gasteiger partial charge in [-0.1, -0.05) is 6.08 Å². The number of aliphatic hydroxyl groups excluding tert-OH is 1. The number of nitriles is 1. The maximum Gasteiger partial charge on any atom is 0.252 e. The number of fused-ring (bicyclic) bond motifs is 1. The lowest BCUT2D eigenvalue weighted by Crippen LogP contribution is -2.53. The third-order valence-corrected chi connectivity index (χ3v) is 6.49. The minimum absolute atomic E-state index is 0.133. The van der Waals surface area contributed by atoms with Crippen LogP contribution >= 0.6 is 0 Å². The monoisotopic (exact) mass is 489 g/mol. The van der Waals surface area contributed by atoms with Crippen LogP contribution in [0.5, 0.6) is 0 Å². The maximum absolute atomic E-state index is 12.5. The number of aryl methyl sites for hydroxylation is 3. The second-order valence-electron chi connectivity index (χ2n) is 10.9. The largest absolute Gasteiger partial charge is 0.374 e. The lowest BCUT2D eigenvalue weighted by atomic mass is 9.82. The summed E-state index contributed by atoms with van der Waals surface area (Å²) in [5.74, 6) is 0. The molecule has 3 aromatic rings. The van der Waals surface area contributed by atoms with E-state index in [1.54, 1.807) is 10.9 Å². The molecule has 3 aromatic heterocycles. The Morgan fingerprint density at radius 1 is 1.28 bits per heavy atom. The SMILES string of the molecule is Cc1cc(C)c(CNC(O)c2cc(C3=CC(C)(C)NC(C)(C)C3)nc3c2cnn3CCC#N)c(=O)[nH]1. The highest BCUT2D eigenvalue weighted by Crippen LogP contribution is 2.35. The topological polar surface area (TPSA) is 132 Å². The van der Waals surface area contributed by atoms with Crippen LogP contribution < -0.4 is 16.2 Å². The first-order valence-corrected chi connectivity index (χ1v) is 12.2. The Morgan fingerprint density at radius 3 is 2.69 bits per heavy atom. The molecule has 0 bridgehead atoms. The molecule has 190 valence electrons. The van der Waals surface area contributed by atoms with Gasteiger partial charge in [-0.15, -0.1) is 0 Å². The normalized spacial score (nSPS) is 17.6. The summed E-state index contributed by atoms with van der Waals surface area (Å²) in [5, 5.41) is 32.3. The van der Waals surface area contributed by atoms with Crippen LogP contribution in [0.1, 0.15) is 74.8 Å². The minimum atomic E-state index is -1.05. The summed E-state index contributed by atoms with van der Waals surface area (Å²) in [6, 6.07) is 5.98. The number of pyridine rings is 2. The van der Waals surface area contributed by atoms with Crippen LogP contribution in [0.15, 0.2) is 29.2 Å². The predicted molar refractivity (Wildman–Crippen MR) is 140 cm³/mol. The van der Waals surface area contributed by atoms with Crippen LogP contribution in [0, 0.1) is 25.2 Å². The number of aromatic amines is 1. The van der Waals surface area contributed by atoms with Crippen molar-refractivity contribution in [2.45, 2.75) is 84.8 Å². The van der Waals surface area contributed by atoms with Crippen LogP contribution in [0.4, 0.5) is 0 Å². The van der Waals surface area contributed by atoms with Crippen molar-refractivity contribution in [3.05, 3.63) is 62.8 Å². The average molecular weight is 490 g/mol. The average Bonchev–Trinajstić information content (AvgIpc) is 3.17. The Morgan fingerprint density at radius 2 is 2.03 bits per heavy atom. The van der Waals surface area contributed by atoms with Gasteiger partial charge in [0.05, 0.1) is 30.9 Å². The van der Waals surface area contributed by atoms with E-state index in [0.29, 0.717) is 35.1 Å². The predicted octanol–water partition coefficient (Wildman–Crippen LogP) is 3.36. The maximum atomic E-state index is 12.5. The van der Waals surface area contributed by atoms with Gasteiger partial charge in [0.1, 0.15) is 6.23 Å². The van der Waals surface area contributed by atoms with Crippen molar-refractivity contribution in [2.24, 2.45) is 0 Å². The Kier molecular flexibility index (Phi) is 6.88. The quantitative estimate of drug-likeness (QED) is 0.374.